The topological polar surface area (TPSA) is 32.3 Å². The molecular formula is C16H26N2OS. The molecule has 0 aromatic heterocycles. The van der Waals surface area contributed by atoms with E-state index < -0.39 is 0 Å². The normalized spacial score (nSPS) is 12.8. The Morgan fingerprint density at radius 1 is 1.30 bits per heavy atom. The van der Waals surface area contributed by atoms with E-state index in [4.69, 9.17) is 0 Å². The van der Waals surface area contributed by atoms with Gasteiger partial charge in [-0.1, -0.05) is 38.1 Å². The second kappa shape index (κ2) is 8.32. The molecule has 0 bridgehead atoms. The Morgan fingerprint density at radius 3 is 2.50 bits per heavy atom. The zero-order chi connectivity index (χ0) is 15.1. The highest BCUT2D eigenvalue weighted by molar-refractivity contribution is 7.99. The van der Waals surface area contributed by atoms with Crippen LogP contribution in [0.5, 0.6) is 0 Å². The molecule has 112 valence electrons. The molecule has 1 aromatic rings. The fourth-order valence-electron chi connectivity index (χ4n) is 2.11. The number of nitrogens with zero attached hydrogens (tertiary/aromatic N) is 1. The molecule has 1 aromatic carbocycles. The molecule has 0 saturated carbocycles. The molecule has 1 atom stereocenters. The zero-order valence-electron chi connectivity index (χ0n) is 13.1. The molecule has 0 spiro atoms. The Labute approximate surface area is 127 Å². The summed E-state index contributed by atoms with van der Waals surface area (Å²) < 4.78 is 0. The van der Waals surface area contributed by atoms with Gasteiger partial charge in [-0.15, -0.1) is 0 Å². The lowest BCUT2D eigenvalue weighted by Crippen LogP contribution is -2.38. The summed E-state index contributed by atoms with van der Waals surface area (Å²) in [7, 11) is 3.89. The van der Waals surface area contributed by atoms with Gasteiger partial charge in [0.25, 0.3) is 0 Å². The molecule has 3 nitrogen and oxygen atoms in total. The quantitative estimate of drug-likeness (QED) is 0.785. The van der Waals surface area contributed by atoms with Crippen molar-refractivity contribution in [1.29, 1.82) is 0 Å². The maximum absolute atomic E-state index is 12.4. The number of amides is 1. The maximum Gasteiger partial charge on any atom is 0.241 e. The van der Waals surface area contributed by atoms with Gasteiger partial charge in [0.05, 0.1) is 0 Å². The minimum Gasteiger partial charge on any atom is -0.354 e. The molecule has 4 heteroatoms. The molecule has 0 radical (unpaired) electrons. The van der Waals surface area contributed by atoms with Gasteiger partial charge in [-0.05, 0) is 37.4 Å². The number of carbonyl (C=O) groups is 1. The monoisotopic (exact) mass is 294 g/mol. The van der Waals surface area contributed by atoms with E-state index in [9.17, 15) is 4.79 Å². The van der Waals surface area contributed by atoms with E-state index in [-0.39, 0.29) is 11.9 Å². The van der Waals surface area contributed by atoms with Gasteiger partial charge in [-0.2, -0.15) is 11.8 Å². The smallest absolute Gasteiger partial charge is 0.241 e. The van der Waals surface area contributed by atoms with E-state index in [1.165, 1.54) is 0 Å². The Balaban J connectivity index is 2.67. The Kier molecular flexibility index (Phi) is 7.10. The molecule has 0 aliphatic rings. The minimum atomic E-state index is -0.222. The van der Waals surface area contributed by atoms with Crippen molar-refractivity contribution in [3.8, 4) is 0 Å². The predicted octanol–water partition coefficient (Wildman–Crippen LogP) is 2.86. The average Bonchev–Trinajstić information content (AvgIpc) is 2.36. The van der Waals surface area contributed by atoms with Gasteiger partial charge in [0.2, 0.25) is 5.91 Å². The second-order valence-corrected chi connectivity index (χ2v) is 7.12. The molecule has 0 aliphatic carbocycles. The highest BCUT2D eigenvalue weighted by atomic mass is 32.2. The molecule has 1 rings (SSSR count). The summed E-state index contributed by atoms with van der Waals surface area (Å²) in [6.45, 7) is 7.11. The minimum absolute atomic E-state index is 0.0775. The molecule has 0 aliphatic heterocycles. The van der Waals surface area contributed by atoms with Crippen LogP contribution in [0.25, 0.3) is 0 Å². The Bertz CT molecular complexity index is 432. The van der Waals surface area contributed by atoms with Gasteiger partial charge in [-0.3, -0.25) is 9.69 Å². The van der Waals surface area contributed by atoms with Gasteiger partial charge in [0.1, 0.15) is 6.04 Å². The van der Waals surface area contributed by atoms with Gasteiger partial charge in [-0.25, -0.2) is 0 Å². The van der Waals surface area contributed by atoms with E-state index in [0.29, 0.717) is 5.25 Å². The molecule has 0 fully saturated rings. The fourth-order valence-corrected chi connectivity index (χ4v) is 2.80. The first-order valence-electron chi connectivity index (χ1n) is 7.04. The number of thioether (sulfide) groups is 1. The van der Waals surface area contributed by atoms with Crippen molar-refractivity contribution >= 4 is 17.7 Å². The standard InChI is InChI=1S/C16H26N2OS/c1-12(2)20-11-10-17-16(19)15(18(4)5)14-9-7-6-8-13(14)3/h6-9,12,15H,10-11H2,1-5H3,(H,17,19)/t15-/m0/s1. The number of hydrogen-bond donors (Lipinski definition) is 1. The van der Waals surface area contributed by atoms with Crippen LogP contribution >= 0.6 is 11.8 Å². The van der Waals surface area contributed by atoms with Crippen molar-refractivity contribution in [2.75, 3.05) is 26.4 Å². The van der Waals surface area contributed by atoms with Crippen LogP contribution in [0.2, 0.25) is 0 Å². The summed E-state index contributed by atoms with van der Waals surface area (Å²) in [5.41, 5.74) is 2.23. The van der Waals surface area contributed by atoms with Crippen LogP contribution in [0.4, 0.5) is 0 Å². The highest BCUT2D eigenvalue weighted by Crippen LogP contribution is 2.21. The number of carbonyl (C=O) groups excluding carboxylic acids is 1. The Hall–Kier alpha value is -1.00. The van der Waals surface area contributed by atoms with Crippen molar-refractivity contribution in [3.05, 3.63) is 35.4 Å². The maximum atomic E-state index is 12.4. The van der Waals surface area contributed by atoms with Crippen LogP contribution in [-0.2, 0) is 4.79 Å². The molecule has 0 saturated heterocycles. The summed E-state index contributed by atoms with van der Waals surface area (Å²) in [4.78, 5) is 14.4. The lowest BCUT2D eigenvalue weighted by Gasteiger charge is -2.25. The summed E-state index contributed by atoms with van der Waals surface area (Å²) in [6.07, 6.45) is 0. The SMILES string of the molecule is Cc1ccccc1[C@@H](C(=O)NCCSC(C)C)N(C)C. The third-order valence-electron chi connectivity index (χ3n) is 3.10. The summed E-state index contributed by atoms with van der Waals surface area (Å²) in [5.74, 6) is 1.03. The molecule has 1 amide bonds. The van der Waals surface area contributed by atoms with Crippen LogP contribution in [0.1, 0.15) is 31.0 Å². The highest BCUT2D eigenvalue weighted by Gasteiger charge is 2.23. The van der Waals surface area contributed by atoms with Crippen LogP contribution in [0, 0.1) is 6.92 Å². The van der Waals surface area contributed by atoms with Crippen molar-refractivity contribution in [1.82, 2.24) is 10.2 Å². The number of likely N-dealkylation sites (N-methyl/N-ethyl adjacent to an activating group) is 1. The van der Waals surface area contributed by atoms with Crippen molar-refractivity contribution in [3.63, 3.8) is 0 Å². The number of rotatable bonds is 7. The lowest BCUT2D eigenvalue weighted by atomic mass is 10.00. The molecule has 0 heterocycles. The van der Waals surface area contributed by atoms with E-state index >= 15 is 0 Å². The first-order chi connectivity index (χ1) is 9.43. The average molecular weight is 294 g/mol. The number of hydrogen-bond acceptors (Lipinski definition) is 3. The largest absolute Gasteiger partial charge is 0.354 e. The van der Waals surface area contributed by atoms with Gasteiger partial charge < -0.3 is 5.32 Å². The lowest BCUT2D eigenvalue weighted by molar-refractivity contribution is -0.125. The van der Waals surface area contributed by atoms with Crippen LogP contribution in [0.3, 0.4) is 0 Å². The van der Waals surface area contributed by atoms with Crippen molar-refractivity contribution in [2.45, 2.75) is 32.1 Å². The van der Waals surface area contributed by atoms with Gasteiger partial charge in [0.15, 0.2) is 0 Å². The van der Waals surface area contributed by atoms with E-state index in [2.05, 4.69) is 19.2 Å². The molecule has 1 N–H and O–H groups in total. The molecular weight excluding hydrogens is 268 g/mol. The van der Waals surface area contributed by atoms with E-state index in [1.54, 1.807) is 0 Å². The summed E-state index contributed by atoms with van der Waals surface area (Å²) >= 11 is 1.86. The number of aryl methyl sites for hydroxylation is 1. The van der Waals surface area contributed by atoms with E-state index in [0.717, 1.165) is 23.4 Å². The fraction of sp³-hybridized carbons (Fsp3) is 0.562. The second-order valence-electron chi connectivity index (χ2n) is 5.43. The Morgan fingerprint density at radius 2 is 1.95 bits per heavy atom. The first-order valence-corrected chi connectivity index (χ1v) is 8.09. The summed E-state index contributed by atoms with van der Waals surface area (Å²) in [5, 5.41) is 3.65. The van der Waals surface area contributed by atoms with Crippen molar-refractivity contribution in [2.24, 2.45) is 0 Å². The van der Waals surface area contributed by atoms with E-state index in [1.807, 2.05) is 61.9 Å². The number of benzene rings is 1. The third kappa shape index (κ3) is 5.17. The molecule has 20 heavy (non-hydrogen) atoms. The predicted molar refractivity (Wildman–Crippen MR) is 88.2 cm³/mol. The molecule has 0 unspecified atom stereocenters. The van der Waals surface area contributed by atoms with Crippen LogP contribution < -0.4 is 5.32 Å². The van der Waals surface area contributed by atoms with Gasteiger partial charge in [0, 0.05) is 12.3 Å². The first kappa shape index (κ1) is 17.1. The van der Waals surface area contributed by atoms with Crippen molar-refractivity contribution < 1.29 is 4.79 Å². The van der Waals surface area contributed by atoms with Gasteiger partial charge >= 0.3 is 0 Å². The van der Waals surface area contributed by atoms with Crippen LogP contribution in [0.15, 0.2) is 24.3 Å². The van der Waals surface area contributed by atoms with Crippen LogP contribution in [-0.4, -0.2) is 42.4 Å². The zero-order valence-corrected chi connectivity index (χ0v) is 14.0. The summed E-state index contributed by atoms with van der Waals surface area (Å²) in [6, 6.07) is 7.85. The third-order valence-corrected chi connectivity index (χ3v) is 4.21. The number of nitrogens with one attached hydrogen (secondary N) is 1.